The molecule has 0 bridgehead atoms. The normalized spacial score (nSPS) is 17.8. The summed E-state index contributed by atoms with van der Waals surface area (Å²) in [4.78, 5) is 0. The van der Waals surface area contributed by atoms with Gasteiger partial charge in [0, 0.05) is 18.5 Å². The van der Waals surface area contributed by atoms with E-state index in [1.54, 1.807) is 10.4 Å². The van der Waals surface area contributed by atoms with Crippen molar-refractivity contribution in [2.45, 2.75) is 49.3 Å². The van der Waals surface area contributed by atoms with Gasteiger partial charge in [-0.25, -0.2) is 8.42 Å². The molecule has 1 saturated carbocycles. The quantitative estimate of drug-likeness (QED) is 0.688. The summed E-state index contributed by atoms with van der Waals surface area (Å²) in [6.45, 7) is 2.30. The van der Waals surface area contributed by atoms with Crippen molar-refractivity contribution in [1.82, 2.24) is 4.31 Å². The van der Waals surface area contributed by atoms with E-state index < -0.39 is 10.0 Å². The van der Waals surface area contributed by atoms with Crippen molar-refractivity contribution in [1.29, 1.82) is 0 Å². The van der Waals surface area contributed by atoms with Crippen LogP contribution in [0.4, 0.5) is 0 Å². The predicted octanol–water partition coefficient (Wildman–Crippen LogP) is 4.38. The maximum atomic E-state index is 12.8. The molecule has 0 saturated heterocycles. The average molecular weight is 401 g/mol. The first-order valence-electron chi connectivity index (χ1n) is 6.80. The molecular formula is C13H19BrClNO2S2. The molecule has 0 radical (unpaired) electrons. The van der Waals surface area contributed by atoms with Crippen LogP contribution in [0.15, 0.2) is 14.1 Å². The Morgan fingerprint density at radius 1 is 1.40 bits per heavy atom. The summed E-state index contributed by atoms with van der Waals surface area (Å²) >= 11 is 10.5. The first-order chi connectivity index (χ1) is 9.46. The Kier molecular flexibility index (Phi) is 5.94. The average Bonchev–Trinajstić information content (AvgIpc) is 2.77. The van der Waals surface area contributed by atoms with Gasteiger partial charge in [-0.1, -0.05) is 19.3 Å². The van der Waals surface area contributed by atoms with E-state index in [2.05, 4.69) is 15.9 Å². The van der Waals surface area contributed by atoms with Crippen LogP contribution in [-0.2, 0) is 10.0 Å². The van der Waals surface area contributed by atoms with Gasteiger partial charge in [-0.2, -0.15) is 4.31 Å². The van der Waals surface area contributed by atoms with Gasteiger partial charge in [-0.3, -0.25) is 0 Å². The van der Waals surface area contributed by atoms with E-state index in [-0.39, 0.29) is 6.04 Å². The van der Waals surface area contributed by atoms with Crippen molar-refractivity contribution in [3.8, 4) is 0 Å². The van der Waals surface area contributed by atoms with Crippen molar-refractivity contribution in [2.75, 3.05) is 12.4 Å². The molecule has 1 heterocycles. The van der Waals surface area contributed by atoms with E-state index in [9.17, 15) is 8.42 Å². The number of halogens is 2. The molecule has 7 heteroatoms. The third kappa shape index (κ3) is 3.58. The van der Waals surface area contributed by atoms with Crippen molar-refractivity contribution in [3.63, 3.8) is 0 Å². The SMILES string of the molecule is Cc1cc(S(=O)(=O)N(CCCl)C2CCCCC2)sc1Br. The minimum absolute atomic E-state index is 0.105. The standard InChI is InChI=1S/C13H19BrClNO2S2/c1-10-9-12(19-13(10)14)20(17,18)16(8-7-15)11-5-3-2-4-6-11/h9,11H,2-8H2,1H3. The number of aryl methyl sites for hydroxylation is 1. The molecule has 0 unspecified atom stereocenters. The van der Waals surface area contributed by atoms with Crippen LogP contribution >= 0.6 is 38.9 Å². The topological polar surface area (TPSA) is 37.4 Å². The van der Waals surface area contributed by atoms with E-state index in [1.165, 1.54) is 17.8 Å². The highest BCUT2D eigenvalue weighted by molar-refractivity contribution is 9.11. The molecule has 0 spiro atoms. The number of sulfonamides is 1. The molecule has 1 aliphatic rings. The molecule has 0 aromatic carbocycles. The molecule has 1 fully saturated rings. The van der Waals surface area contributed by atoms with Crippen molar-refractivity contribution < 1.29 is 8.42 Å². The van der Waals surface area contributed by atoms with Crippen LogP contribution in [0.25, 0.3) is 0 Å². The van der Waals surface area contributed by atoms with Crippen LogP contribution in [0.2, 0.25) is 0 Å². The Morgan fingerprint density at radius 3 is 2.55 bits per heavy atom. The third-order valence-corrected chi connectivity index (χ3v) is 8.39. The molecule has 20 heavy (non-hydrogen) atoms. The van der Waals surface area contributed by atoms with Gasteiger partial charge in [0.05, 0.1) is 3.79 Å². The van der Waals surface area contributed by atoms with Gasteiger partial charge in [0.15, 0.2) is 0 Å². The van der Waals surface area contributed by atoms with Crippen LogP contribution in [0.3, 0.4) is 0 Å². The Hall–Kier alpha value is 0.380. The second-order valence-electron chi connectivity index (χ2n) is 5.12. The van der Waals surface area contributed by atoms with Gasteiger partial charge < -0.3 is 0 Å². The monoisotopic (exact) mass is 399 g/mol. The van der Waals surface area contributed by atoms with E-state index in [1.807, 2.05) is 6.92 Å². The fraction of sp³-hybridized carbons (Fsp3) is 0.692. The number of hydrogen-bond donors (Lipinski definition) is 0. The molecule has 0 amide bonds. The number of nitrogens with zero attached hydrogens (tertiary/aromatic N) is 1. The summed E-state index contributed by atoms with van der Waals surface area (Å²) in [5, 5.41) is 0. The van der Waals surface area contributed by atoms with Crippen LogP contribution in [-0.4, -0.2) is 31.2 Å². The summed E-state index contributed by atoms with van der Waals surface area (Å²) in [5.74, 6) is 0.335. The molecule has 114 valence electrons. The minimum atomic E-state index is -3.43. The Balaban J connectivity index is 2.31. The predicted molar refractivity (Wildman–Crippen MR) is 88.2 cm³/mol. The third-order valence-electron chi connectivity index (χ3n) is 3.68. The summed E-state index contributed by atoms with van der Waals surface area (Å²) in [6, 6.07) is 1.85. The number of alkyl halides is 1. The van der Waals surface area contributed by atoms with Crippen LogP contribution < -0.4 is 0 Å². The van der Waals surface area contributed by atoms with Crippen molar-refractivity contribution >= 4 is 48.9 Å². The van der Waals surface area contributed by atoms with Crippen LogP contribution in [0.1, 0.15) is 37.7 Å². The maximum Gasteiger partial charge on any atom is 0.252 e. The first kappa shape index (κ1) is 16.7. The van der Waals surface area contributed by atoms with Crippen molar-refractivity contribution in [3.05, 3.63) is 15.4 Å². The number of thiophene rings is 1. The highest BCUT2D eigenvalue weighted by atomic mass is 79.9. The molecule has 1 aliphatic carbocycles. The summed E-state index contributed by atoms with van der Waals surface area (Å²) in [6.07, 6.45) is 5.30. The fourth-order valence-electron chi connectivity index (χ4n) is 2.63. The smallest absolute Gasteiger partial charge is 0.206 e. The van der Waals surface area contributed by atoms with Gasteiger partial charge in [-0.15, -0.1) is 22.9 Å². The molecule has 3 nitrogen and oxygen atoms in total. The molecule has 0 atom stereocenters. The number of rotatable bonds is 5. The largest absolute Gasteiger partial charge is 0.252 e. The molecule has 1 aromatic heterocycles. The van der Waals surface area contributed by atoms with E-state index in [0.717, 1.165) is 35.0 Å². The van der Waals surface area contributed by atoms with Crippen LogP contribution in [0, 0.1) is 6.92 Å². The molecule has 0 aliphatic heterocycles. The first-order valence-corrected chi connectivity index (χ1v) is 10.4. The molecule has 1 aromatic rings. The highest BCUT2D eigenvalue weighted by Gasteiger charge is 2.33. The summed E-state index contributed by atoms with van der Waals surface area (Å²) < 4.78 is 28.6. The van der Waals surface area contributed by atoms with Gasteiger partial charge in [0.25, 0.3) is 10.0 Å². The van der Waals surface area contributed by atoms with Crippen LogP contribution in [0.5, 0.6) is 0 Å². The minimum Gasteiger partial charge on any atom is -0.206 e. The van der Waals surface area contributed by atoms with Crippen molar-refractivity contribution in [2.24, 2.45) is 0 Å². The van der Waals surface area contributed by atoms with E-state index >= 15 is 0 Å². The zero-order valence-corrected chi connectivity index (χ0v) is 15.4. The lowest BCUT2D eigenvalue weighted by atomic mass is 9.95. The van der Waals surface area contributed by atoms with Gasteiger partial charge in [0.2, 0.25) is 0 Å². The lowest BCUT2D eigenvalue weighted by Gasteiger charge is -2.32. The van der Waals surface area contributed by atoms with Gasteiger partial charge in [0.1, 0.15) is 4.21 Å². The summed E-state index contributed by atoms with van der Waals surface area (Å²) in [5.41, 5.74) is 0.961. The lowest BCUT2D eigenvalue weighted by molar-refractivity contribution is 0.262. The number of hydrogen-bond acceptors (Lipinski definition) is 3. The fourth-order valence-corrected chi connectivity index (χ4v) is 6.95. The Bertz CT molecular complexity index is 533. The molecular weight excluding hydrogens is 382 g/mol. The van der Waals surface area contributed by atoms with E-state index in [0.29, 0.717) is 16.6 Å². The molecule has 2 rings (SSSR count). The highest BCUT2D eigenvalue weighted by Crippen LogP contribution is 2.34. The van der Waals surface area contributed by atoms with Gasteiger partial charge in [-0.05, 0) is 47.3 Å². The molecule has 0 N–H and O–H groups in total. The van der Waals surface area contributed by atoms with Gasteiger partial charge >= 0.3 is 0 Å². The lowest BCUT2D eigenvalue weighted by Crippen LogP contribution is -2.42. The summed E-state index contributed by atoms with van der Waals surface area (Å²) in [7, 11) is -3.43. The Morgan fingerprint density at radius 2 is 2.05 bits per heavy atom. The zero-order chi connectivity index (χ0) is 14.8. The second-order valence-corrected chi connectivity index (χ2v) is 9.98. The zero-order valence-electron chi connectivity index (χ0n) is 11.4. The van der Waals surface area contributed by atoms with E-state index in [4.69, 9.17) is 11.6 Å². The maximum absolute atomic E-state index is 12.8. The Labute approximate surface area is 138 Å². The second kappa shape index (κ2) is 7.09.